The highest BCUT2D eigenvalue weighted by atomic mass is 35.5. The topological polar surface area (TPSA) is 91.9 Å². The third kappa shape index (κ3) is 4.79. The van der Waals surface area contributed by atoms with E-state index in [1.807, 2.05) is 0 Å². The Labute approximate surface area is 196 Å². The smallest absolute Gasteiger partial charge is 0.425 e. The Kier molecular flexibility index (Phi) is 6.39. The van der Waals surface area contributed by atoms with Gasteiger partial charge in [0.15, 0.2) is 11.3 Å². The Morgan fingerprint density at radius 3 is 2.74 bits per heavy atom. The van der Waals surface area contributed by atoms with Gasteiger partial charge in [0.2, 0.25) is 0 Å². The summed E-state index contributed by atoms with van der Waals surface area (Å²) in [5, 5.41) is 11.8. The first-order valence-corrected chi connectivity index (χ1v) is 10.7. The van der Waals surface area contributed by atoms with Crippen molar-refractivity contribution >= 4 is 29.0 Å². The lowest BCUT2D eigenvalue weighted by atomic mass is 10.0. The maximum Gasteiger partial charge on any atom is 0.425 e. The number of halogens is 5. The molecule has 1 aliphatic rings. The molecular weight excluding hydrogens is 478 g/mol. The molecule has 1 amide bonds. The van der Waals surface area contributed by atoms with Gasteiger partial charge in [0, 0.05) is 12.1 Å². The SMILES string of the molecule is Cc1[nH]nc(Cl)c1NC(=O)c1cc(F)c(-c2ccc3c(n2)NCCC3)cc1O[C@@H](C)C(F)(F)F. The second-order valence-corrected chi connectivity index (χ2v) is 8.19. The van der Waals surface area contributed by atoms with Crippen molar-refractivity contribution in [3.63, 3.8) is 0 Å². The van der Waals surface area contributed by atoms with E-state index in [9.17, 15) is 18.0 Å². The Bertz CT molecular complexity index is 1230. The maximum atomic E-state index is 15.2. The number of amides is 1. The zero-order chi connectivity index (χ0) is 24.6. The fourth-order valence-electron chi connectivity index (χ4n) is 3.49. The van der Waals surface area contributed by atoms with E-state index < -0.39 is 35.3 Å². The predicted molar refractivity (Wildman–Crippen MR) is 119 cm³/mol. The van der Waals surface area contributed by atoms with Crippen molar-refractivity contribution in [2.24, 2.45) is 0 Å². The number of hydrogen-bond acceptors (Lipinski definition) is 5. The zero-order valence-corrected chi connectivity index (χ0v) is 18.9. The van der Waals surface area contributed by atoms with Crippen LogP contribution in [0.25, 0.3) is 11.3 Å². The van der Waals surface area contributed by atoms with E-state index in [1.165, 1.54) is 0 Å². The number of carbonyl (C=O) groups is 1. The third-order valence-corrected chi connectivity index (χ3v) is 5.66. The van der Waals surface area contributed by atoms with E-state index in [2.05, 4.69) is 25.8 Å². The van der Waals surface area contributed by atoms with Gasteiger partial charge in [-0.2, -0.15) is 18.3 Å². The number of nitrogens with one attached hydrogen (secondary N) is 3. The summed E-state index contributed by atoms with van der Waals surface area (Å²) in [7, 11) is 0. The first-order valence-electron chi connectivity index (χ1n) is 10.4. The third-order valence-electron chi connectivity index (χ3n) is 5.39. The van der Waals surface area contributed by atoms with Crippen LogP contribution in [0.15, 0.2) is 24.3 Å². The number of pyridine rings is 1. The minimum Gasteiger partial charge on any atom is -0.480 e. The van der Waals surface area contributed by atoms with Crippen molar-refractivity contribution in [3.8, 4) is 17.0 Å². The number of carbonyl (C=O) groups excluding carboxylic acids is 1. The molecule has 0 saturated carbocycles. The van der Waals surface area contributed by atoms with Crippen molar-refractivity contribution in [2.45, 2.75) is 39.0 Å². The zero-order valence-electron chi connectivity index (χ0n) is 18.1. The lowest BCUT2D eigenvalue weighted by Crippen LogP contribution is -2.32. The number of alkyl halides is 3. The molecule has 0 unspecified atom stereocenters. The van der Waals surface area contributed by atoms with Gasteiger partial charge in [-0.3, -0.25) is 9.89 Å². The summed E-state index contributed by atoms with van der Waals surface area (Å²) in [4.78, 5) is 17.3. The van der Waals surface area contributed by atoms with Crippen LogP contribution in [0.5, 0.6) is 5.75 Å². The number of aromatic amines is 1. The lowest BCUT2D eigenvalue weighted by Gasteiger charge is -2.21. The molecular formula is C22H20ClF4N5O2. The number of ether oxygens (including phenoxy) is 1. The molecule has 0 bridgehead atoms. The quantitative estimate of drug-likeness (QED) is 0.404. The van der Waals surface area contributed by atoms with Gasteiger partial charge in [-0.05, 0) is 50.5 Å². The molecule has 1 aromatic carbocycles. The highest BCUT2D eigenvalue weighted by molar-refractivity contribution is 6.33. The molecule has 1 aliphatic heterocycles. The standard InChI is InChI=1S/C22H20ClF4N5O2/c1-10-18(19(23)32-31-10)30-21(33)14-8-15(24)13(9-17(14)34-11(2)22(25,26)27)16-6-5-12-4-3-7-28-20(12)29-16/h5-6,8-9,11H,3-4,7H2,1-2H3,(H,28,29)(H,30,33)(H,31,32)/t11-/m0/s1. The predicted octanol–water partition coefficient (Wildman–Crippen LogP) is 5.51. The molecule has 4 rings (SSSR count). The molecule has 7 nitrogen and oxygen atoms in total. The Balaban J connectivity index is 1.76. The van der Waals surface area contributed by atoms with Crippen molar-refractivity contribution in [1.29, 1.82) is 0 Å². The number of anilines is 2. The van der Waals surface area contributed by atoms with Crippen LogP contribution >= 0.6 is 11.6 Å². The largest absolute Gasteiger partial charge is 0.480 e. The highest BCUT2D eigenvalue weighted by Gasteiger charge is 2.39. The number of nitrogens with zero attached hydrogens (tertiary/aromatic N) is 2. The van der Waals surface area contributed by atoms with E-state index in [0.29, 0.717) is 18.1 Å². The minimum absolute atomic E-state index is 0.0557. The number of benzene rings is 1. The van der Waals surface area contributed by atoms with Crippen LogP contribution in [0.4, 0.5) is 29.1 Å². The molecule has 0 spiro atoms. The average Bonchev–Trinajstić information content (AvgIpc) is 3.11. The molecule has 0 radical (unpaired) electrons. The summed E-state index contributed by atoms with van der Waals surface area (Å²) in [6.45, 7) is 3.08. The molecule has 1 atom stereocenters. The molecule has 2 aromatic heterocycles. The van der Waals surface area contributed by atoms with E-state index >= 15 is 4.39 Å². The number of rotatable bonds is 5. The monoisotopic (exact) mass is 497 g/mol. The number of aryl methyl sites for hydroxylation is 2. The van der Waals surface area contributed by atoms with Gasteiger partial charge in [-0.1, -0.05) is 17.7 Å². The summed E-state index contributed by atoms with van der Waals surface area (Å²) < 4.78 is 59.9. The van der Waals surface area contributed by atoms with Gasteiger partial charge in [-0.15, -0.1) is 0 Å². The van der Waals surface area contributed by atoms with Crippen molar-refractivity contribution in [2.75, 3.05) is 17.2 Å². The van der Waals surface area contributed by atoms with Crippen LogP contribution in [0.3, 0.4) is 0 Å². The summed E-state index contributed by atoms with van der Waals surface area (Å²) in [5.41, 5.74) is 1.14. The second kappa shape index (κ2) is 9.13. The molecule has 0 fully saturated rings. The Morgan fingerprint density at radius 1 is 1.29 bits per heavy atom. The molecule has 34 heavy (non-hydrogen) atoms. The normalized spacial score (nSPS) is 14.2. The molecule has 3 N–H and O–H groups in total. The molecule has 3 heterocycles. The van der Waals surface area contributed by atoms with Crippen molar-refractivity contribution in [1.82, 2.24) is 15.2 Å². The van der Waals surface area contributed by atoms with Gasteiger partial charge < -0.3 is 15.4 Å². The molecule has 0 saturated heterocycles. The Hall–Kier alpha value is -3.34. The van der Waals surface area contributed by atoms with Gasteiger partial charge in [0.25, 0.3) is 5.91 Å². The van der Waals surface area contributed by atoms with Gasteiger partial charge in [0.05, 0.1) is 17.0 Å². The lowest BCUT2D eigenvalue weighted by molar-refractivity contribution is -0.189. The molecule has 180 valence electrons. The summed E-state index contributed by atoms with van der Waals surface area (Å²) in [6, 6.07) is 5.23. The number of H-pyrrole nitrogens is 1. The second-order valence-electron chi connectivity index (χ2n) is 7.83. The fourth-order valence-corrected chi connectivity index (χ4v) is 3.72. The van der Waals surface area contributed by atoms with Crippen LogP contribution in [0.2, 0.25) is 5.15 Å². The van der Waals surface area contributed by atoms with Crippen molar-refractivity contribution in [3.05, 3.63) is 52.1 Å². The van der Waals surface area contributed by atoms with Gasteiger partial charge >= 0.3 is 6.18 Å². The van der Waals surface area contributed by atoms with E-state index in [1.54, 1.807) is 19.1 Å². The van der Waals surface area contributed by atoms with Crippen LogP contribution in [0, 0.1) is 12.7 Å². The first kappa shape index (κ1) is 23.8. The van der Waals surface area contributed by atoms with Crippen LogP contribution < -0.4 is 15.4 Å². The maximum absolute atomic E-state index is 15.2. The van der Waals surface area contributed by atoms with E-state index in [4.69, 9.17) is 16.3 Å². The van der Waals surface area contributed by atoms with Crippen molar-refractivity contribution < 1.29 is 27.1 Å². The molecule has 3 aromatic rings. The number of hydrogen-bond donors (Lipinski definition) is 3. The number of fused-ring (bicyclic) bond motifs is 1. The van der Waals surface area contributed by atoms with E-state index in [0.717, 1.165) is 37.5 Å². The Morgan fingerprint density at radius 2 is 2.06 bits per heavy atom. The van der Waals surface area contributed by atoms with Gasteiger partial charge in [0.1, 0.15) is 23.1 Å². The number of aromatic nitrogens is 3. The molecule has 12 heteroatoms. The fraction of sp³-hybridized carbons (Fsp3) is 0.318. The van der Waals surface area contributed by atoms with Crippen LogP contribution in [-0.2, 0) is 6.42 Å². The average molecular weight is 498 g/mol. The van der Waals surface area contributed by atoms with E-state index in [-0.39, 0.29) is 22.1 Å². The molecule has 0 aliphatic carbocycles. The summed E-state index contributed by atoms with van der Waals surface area (Å²) in [6.07, 6.45) is -5.22. The summed E-state index contributed by atoms with van der Waals surface area (Å²) >= 11 is 5.93. The minimum atomic E-state index is -4.71. The van der Waals surface area contributed by atoms with Crippen LogP contribution in [-0.4, -0.2) is 39.9 Å². The summed E-state index contributed by atoms with van der Waals surface area (Å²) in [5.74, 6) is -1.64. The highest BCUT2D eigenvalue weighted by Crippen LogP contribution is 2.35. The van der Waals surface area contributed by atoms with Crippen LogP contribution in [0.1, 0.15) is 35.0 Å². The first-order chi connectivity index (χ1) is 16.0. The van der Waals surface area contributed by atoms with Gasteiger partial charge in [-0.25, -0.2) is 9.37 Å².